The highest BCUT2D eigenvalue weighted by molar-refractivity contribution is 6.30. The van der Waals surface area contributed by atoms with Crippen LogP contribution in [-0.4, -0.2) is 17.8 Å². The van der Waals surface area contributed by atoms with Gasteiger partial charge in [0.2, 0.25) is 0 Å². The Balaban J connectivity index is 1.29. The summed E-state index contributed by atoms with van der Waals surface area (Å²) in [5, 5.41) is 3.55. The van der Waals surface area contributed by atoms with Crippen LogP contribution in [0.25, 0.3) is 0 Å². The fourth-order valence-corrected chi connectivity index (χ4v) is 4.07. The number of anilines is 1. The van der Waals surface area contributed by atoms with E-state index in [0.29, 0.717) is 28.6 Å². The molecule has 5 nitrogen and oxygen atoms in total. The van der Waals surface area contributed by atoms with Crippen molar-refractivity contribution in [2.75, 3.05) is 5.32 Å². The molecule has 6 heteroatoms. The lowest BCUT2D eigenvalue weighted by Crippen LogP contribution is -2.34. The summed E-state index contributed by atoms with van der Waals surface area (Å²) in [6.07, 6.45) is 3.98. The number of rotatable bonds is 2. The number of nitrogens with one attached hydrogen (secondary N) is 1. The molecule has 2 heterocycles. The molecule has 5 rings (SSSR count). The first-order valence-electron chi connectivity index (χ1n) is 8.88. The van der Waals surface area contributed by atoms with Crippen LogP contribution in [0.1, 0.15) is 31.2 Å². The van der Waals surface area contributed by atoms with Crippen LogP contribution in [0.5, 0.6) is 17.2 Å². The fourth-order valence-electron chi connectivity index (χ4n) is 3.88. The summed E-state index contributed by atoms with van der Waals surface area (Å²) >= 11 is 6.00. The van der Waals surface area contributed by atoms with Gasteiger partial charge in [-0.3, -0.25) is 4.79 Å². The predicted octanol–water partition coefficient (Wildman–Crippen LogP) is 4.32. The Morgan fingerprint density at radius 2 is 1.81 bits per heavy atom. The molecule has 1 aliphatic carbocycles. The summed E-state index contributed by atoms with van der Waals surface area (Å²) in [4.78, 5) is 12.6. The molecule has 2 aromatic carbocycles. The van der Waals surface area contributed by atoms with Crippen molar-refractivity contribution >= 4 is 23.2 Å². The third-order valence-corrected chi connectivity index (χ3v) is 5.39. The van der Waals surface area contributed by atoms with Crippen molar-refractivity contribution in [2.24, 2.45) is 0 Å². The van der Waals surface area contributed by atoms with Crippen molar-refractivity contribution in [3.05, 3.63) is 47.0 Å². The van der Waals surface area contributed by atoms with E-state index in [0.717, 1.165) is 37.0 Å². The summed E-state index contributed by atoms with van der Waals surface area (Å²) in [5.74, 6) is 1.45. The number of carbonyl (C=O) groups is 1. The largest absolute Gasteiger partial charge is 0.480 e. The molecular formula is C20H18ClNO4. The molecule has 26 heavy (non-hydrogen) atoms. The molecule has 1 fully saturated rings. The van der Waals surface area contributed by atoms with Gasteiger partial charge in [-0.1, -0.05) is 11.6 Å². The van der Waals surface area contributed by atoms with Gasteiger partial charge in [0.05, 0.1) is 0 Å². The van der Waals surface area contributed by atoms with Crippen molar-refractivity contribution in [3.8, 4) is 17.2 Å². The number of amides is 1. The standard InChI is InChI=1S/C20H18ClNO4/c21-13-3-5-15-12(9-13)10-18(24-15)19(23)22-14-4-6-16-17(11-14)26-20(25-16)7-1-2-8-20/h3-6,9,11,18H,1-2,7-8,10H2,(H,22,23)/t18-/m1/s1. The summed E-state index contributed by atoms with van der Waals surface area (Å²) in [6.45, 7) is 0. The Morgan fingerprint density at radius 1 is 1.04 bits per heavy atom. The quantitative estimate of drug-likeness (QED) is 0.854. The van der Waals surface area contributed by atoms with Gasteiger partial charge in [-0.2, -0.15) is 0 Å². The van der Waals surface area contributed by atoms with E-state index in [1.165, 1.54) is 0 Å². The fraction of sp³-hybridized carbons (Fsp3) is 0.350. The molecule has 0 aromatic heterocycles. The minimum Gasteiger partial charge on any atom is -0.480 e. The van der Waals surface area contributed by atoms with Crippen LogP contribution >= 0.6 is 11.6 Å². The Hall–Kier alpha value is -2.40. The van der Waals surface area contributed by atoms with Crippen LogP contribution < -0.4 is 19.5 Å². The average Bonchev–Trinajstić information content (AvgIpc) is 3.32. The van der Waals surface area contributed by atoms with Gasteiger partial charge in [-0.05, 0) is 48.7 Å². The zero-order valence-corrected chi connectivity index (χ0v) is 14.8. The average molecular weight is 372 g/mol. The molecule has 1 atom stereocenters. The van der Waals surface area contributed by atoms with E-state index < -0.39 is 11.9 Å². The number of fused-ring (bicyclic) bond motifs is 2. The Labute approximate surface area is 156 Å². The number of ether oxygens (including phenoxy) is 3. The maximum absolute atomic E-state index is 12.6. The van der Waals surface area contributed by atoms with E-state index in [-0.39, 0.29) is 5.91 Å². The van der Waals surface area contributed by atoms with Gasteiger partial charge < -0.3 is 19.5 Å². The van der Waals surface area contributed by atoms with Crippen LogP contribution in [0.3, 0.4) is 0 Å². The Bertz CT molecular complexity index is 891. The first-order chi connectivity index (χ1) is 12.6. The molecule has 3 aliphatic rings. The van der Waals surface area contributed by atoms with E-state index in [1.807, 2.05) is 24.3 Å². The lowest BCUT2D eigenvalue weighted by Gasteiger charge is -2.21. The van der Waals surface area contributed by atoms with E-state index in [4.69, 9.17) is 25.8 Å². The highest BCUT2D eigenvalue weighted by Gasteiger charge is 2.44. The molecule has 2 aromatic rings. The van der Waals surface area contributed by atoms with Gasteiger partial charge in [0, 0.05) is 36.0 Å². The van der Waals surface area contributed by atoms with Crippen molar-refractivity contribution in [1.82, 2.24) is 0 Å². The summed E-state index contributed by atoms with van der Waals surface area (Å²) in [7, 11) is 0. The van der Waals surface area contributed by atoms with Gasteiger partial charge in [0.15, 0.2) is 17.6 Å². The zero-order chi connectivity index (χ0) is 17.7. The van der Waals surface area contributed by atoms with Gasteiger partial charge in [0.25, 0.3) is 11.7 Å². The van der Waals surface area contributed by atoms with Crippen LogP contribution in [-0.2, 0) is 11.2 Å². The molecule has 1 saturated carbocycles. The molecule has 0 radical (unpaired) electrons. The van der Waals surface area contributed by atoms with E-state index in [2.05, 4.69) is 5.32 Å². The smallest absolute Gasteiger partial charge is 0.265 e. The lowest BCUT2D eigenvalue weighted by atomic mass is 10.1. The summed E-state index contributed by atoms with van der Waals surface area (Å²) in [5.41, 5.74) is 1.62. The third kappa shape index (κ3) is 2.67. The molecule has 0 unspecified atom stereocenters. The summed E-state index contributed by atoms with van der Waals surface area (Å²) < 4.78 is 17.8. The maximum atomic E-state index is 12.6. The molecule has 0 bridgehead atoms. The number of carbonyl (C=O) groups excluding carboxylic acids is 1. The lowest BCUT2D eigenvalue weighted by molar-refractivity contribution is -0.122. The van der Waals surface area contributed by atoms with E-state index >= 15 is 0 Å². The maximum Gasteiger partial charge on any atom is 0.265 e. The van der Waals surface area contributed by atoms with Gasteiger partial charge in [-0.15, -0.1) is 0 Å². The van der Waals surface area contributed by atoms with E-state index in [9.17, 15) is 4.79 Å². The monoisotopic (exact) mass is 371 g/mol. The van der Waals surface area contributed by atoms with Crippen molar-refractivity contribution in [1.29, 1.82) is 0 Å². The second kappa shape index (κ2) is 5.81. The van der Waals surface area contributed by atoms with Gasteiger partial charge in [0.1, 0.15) is 5.75 Å². The minimum absolute atomic E-state index is 0.188. The van der Waals surface area contributed by atoms with Crippen molar-refractivity contribution in [3.63, 3.8) is 0 Å². The first kappa shape index (κ1) is 15.8. The topological polar surface area (TPSA) is 56.8 Å². The Morgan fingerprint density at radius 3 is 2.65 bits per heavy atom. The van der Waals surface area contributed by atoms with Gasteiger partial charge in [-0.25, -0.2) is 0 Å². The van der Waals surface area contributed by atoms with Crippen LogP contribution in [0.15, 0.2) is 36.4 Å². The molecule has 134 valence electrons. The van der Waals surface area contributed by atoms with Crippen LogP contribution in [0, 0.1) is 0 Å². The van der Waals surface area contributed by atoms with Gasteiger partial charge >= 0.3 is 0 Å². The highest BCUT2D eigenvalue weighted by Crippen LogP contribution is 2.47. The predicted molar refractivity (Wildman–Crippen MR) is 97.1 cm³/mol. The molecule has 1 spiro atoms. The molecule has 1 N–H and O–H groups in total. The van der Waals surface area contributed by atoms with Crippen LogP contribution in [0.2, 0.25) is 5.02 Å². The normalized spacial score (nSPS) is 21.5. The molecule has 0 saturated heterocycles. The zero-order valence-electron chi connectivity index (χ0n) is 14.1. The minimum atomic E-state index is -0.560. The van der Waals surface area contributed by atoms with Crippen LogP contribution in [0.4, 0.5) is 5.69 Å². The third-order valence-electron chi connectivity index (χ3n) is 5.16. The molecule has 1 amide bonds. The number of halogens is 1. The Kier molecular flexibility index (Phi) is 3.54. The highest BCUT2D eigenvalue weighted by atomic mass is 35.5. The number of hydrogen-bond donors (Lipinski definition) is 1. The molecule has 2 aliphatic heterocycles. The van der Waals surface area contributed by atoms with Crippen molar-refractivity contribution in [2.45, 2.75) is 44.0 Å². The second-order valence-corrected chi connectivity index (χ2v) is 7.47. The summed E-state index contributed by atoms with van der Waals surface area (Å²) in [6, 6.07) is 10.9. The molecular weight excluding hydrogens is 354 g/mol. The number of benzene rings is 2. The second-order valence-electron chi connectivity index (χ2n) is 7.04. The van der Waals surface area contributed by atoms with Crippen molar-refractivity contribution < 1.29 is 19.0 Å². The van der Waals surface area contributed by atoms with E-state index in [1.54, 1.807) is 12.1 Å². The number of hydrogen-bond acceptors (Lipinski definition) is 4. The first-order valence-corrected chi connectivity index (χ1v) is 9.26. The SMILES string of the molecule is O=C(Nc1ccc2c(c1)OC1(CCCC1)O2)[C@H]1Cc2cc(Cl)ccc2O1.